The number of hydrogen-bond donors (Lipinski definition) is 1. The Balaban J connectivity index is 1.53. The predicted octanol–water partition coefficient (Wildman–Crippen LogP) is 1.34. The molecule has 0 saturated carbocycles. The van der Waals surface area contributed by atoms with Gasteiger partial charge in [-0.2, -0.15) is 0 Å². The molecule has 0 amide bonds. The fraction of sp³-hybridized carbons (Fsp3) is 0.571. The number of piperazine rings is 1. The first-order valence-electron chi connectivity index (χ1n) is 7.23. The van der Waals surface area contributed by atoms with Crippen LogP contribution in [-0.4, -0.2) is 60.0 Å². The Bertz CT molecular complexity index is 528. The molecule has 1 N–H and O–H groups in total. The first-order valence-corrected chi connectivity index (χ1v) is 7.61. The lowest BCUT2D eigenvalue weighted by atomic mass is 10.0. The van der Waals surface area contributed by atoms with E-state index in [-0.39, 0.29) is 5.69 Å². The van der Waals surface area contributed by atoms with Crippen molar-refractivity contribution in [1.29, 1.82) is 0 Å². The maximum Gasteiger partial charge on any atom is 0.270 e. The topological polar surface area (TPSA) is 61.7 Å². The Hall–Kier alpha value is -1.21. The average Bonchev–Trinajstić information content (AvgIpc) is 2.44. The minimum absolute atomic E-state index is 0.0473. The van der Waals surface area contributed by atoms with Gasteiger partial charge < -0.3 is 5.32 Å². The maximum absolute atomic E-state index is 10.7. The number of nitrogens with zero attached hydrogens (tertiary/aromatic N) is 3. The monoisotopic (exact) mass is 310 g/mol. The summed E-state index contributed by atoms with van der Waals surface area (Å²) in [7, 11) is 0. The second-order valence-corrected chi connectivity index (χ2v) is 6.07. The highest BCUT2D eigenvalue weighted by molar-refractivity contribution is 6.31. The van der Waals surface area contributed by atoms with Gasteiger partial charge in [0.15, 0.2) is 0 Å². The zero-order valence-electron chi connectivity index (χ0n) is 11.8. The van der Waals surface area contributed by atoms with Crippen LogP contribution in [-0.2, 0) is 6.54 Å². The molecule has 2 aliphatic rings. The molecule has 114 valence electrons. The van der Waals surface area contributed by atoms with Crippen molar-refractivity contribution in [1.82, 2.24) is 15.1 Å². The van der Waals surface area contributed by atoms with Crippen LogP contribution in [0.25, 0.3) is 0 Å². The zero-order chi connectivity index (χ0) is 14.8. The number of benzene rings is 1. The number of likely N-dealkylation sites (tertiary alicyclic amines) is 1. The Morgan fingerprint density at radius 2 is 2.05 bits per heavy atom. The van der Waals surface area contributed by atoms with E-state index in [9.17, 15) is 10.1 Å². The van der Waals surface area contributed by atoms with Crippen molar-refractivity contribution in [2.75, 3.05) is 39.3 Å². The van der Waals surface area contributed by atoms with E-state index in [1.807, 2.05) is 0 Å². The smallest absolute Gasteiger partial charge is 0.270 e. The van der Waals surface area contributed by atoms with E-state index in [0.717, 1.165) is 51.4 Å². The summed E-state index contributed by atoms with van der Waals surface area (Å²) in [6.45, 7) is 7.25. The van der Waals surface area contributed by atoms with Crippen LogP contribution in [0.15, 0.2) is 18.2 Å². The summed E-state index contributed by atoms with van der Waals surface area (Å²) in [4.78, 5) is 15.1. The molecule has 0 bridgehead atoms. The largest absolute Gasteiger partial charge is 0.314 e. The van der Waals surface area contributed by atoms with E-state index in [2.05, 4.69) is 15.1 Å². The number of nitro groups is 1. The van der Waals surface area contributed by atoms with Gasteiger partial charge in [0.2, 0.25) is 0 Å². The molecule has 6 nitrogen and oxygen atoms in total. The SMILES string of the molecule is O=[N+]([O-])c1ccc(CN2CC(N3CCNCC3)C2)c(Cl)c1. The van der Waals surface area contributed by atoms with E-state index in [4.69, 9.17) is 11.6 Å². The maximum atomic E-state index is 10.7. The molecule has 0 atom stereocenters. The molecule has 2 fully saturated rings. The van der Waals surface area contributed by atoms with Crippen molar-refractivity contribution in [3.05, 3.63) is 38.9 Å². The molecule has 21 heavy (non-hydrogen) atoms. The normalized spacial score (nSPS) is 21.2. The zero-order valence-corrected chi connectivity index (χ0v) is 12.6. The van der Waals surface area contributed by atoms with Gasteiger partial charge in [-0.1, -0.05) is 11.6 Å². The molecule has 0 spiro atoms. The van der Waals surface area contributed by atoms with Crippen molar-refractivity contribution in [2.45, 2.75) is 12.6 Å². The third-order valence-electron chi connectivity index (χ3n) is 4.25. The molecule has 7 heteroatoms. The quantitative estimate of drug-likeness (QED) is 0.672. The molecule has 0 aromatic heterocycles. The van der Waals surface area contributed by atoms with Crippen molar-refractivity contribution < 1.29 is 4.92 Å². The lowest BCUT2D eigenvalue weighted by molar-refractivity contribution is -0.384. The summed E-state index contributed by atoms with van der Waals surface area (Å²) in [5.74, 6) is 0. The lowest BCUT2D eigenvalue weighted by Crippen LogP contribution is -2.62. The van der Waals surface area contributed by atoms with Crippen LogP contribution in [0.4, 0.5) is 5.69 Å². The molecule has 0 unspecified atom stereocenters. The van der Waals surface area contributed by atoms with Gasteiger partial charge in [0.1, 0.15) is 0 Å². The molecule has 2 heterocycles. The van der Waals surface area contributed by atoms with Crippen molar-refractivity contribution in [3.63, 3.8) is 0 Å². The van der Waals surface area contributed by atoms with Crippen LogP contribution in [0.3, 0.4) is 0 Å². The van der Waals surface area contributed by atoms with E-state index >= 15 is 0 Å². The molecule has 2 saturated heterocycles. The van der Waals surface area contributed by atoms with Gasteiger partial charge in [-0.05, 0) is 11.6 Å². The van der Waals surface area contributed by atoms with Gasteiger partial charge in [0.25, 0.3) is 5.69 Å². The predicted molar refractivity (Wildman–Crippen MR) is 81.6 cm³/mol. The Kier molecular flexibility index (Phi) is 4.40. The highest BCUT2D eigenvalue weighted by atomic mass is 35.5. The summed E-state index contributed by atoms with van der Waals surface area (Å²) in [6, 6.07) is 5.36. The fourth-order valence-electron chi connectivity index (χ4n) is 2.97. The van der Waals surface area contributed by atoms with Gasteiger partial charge in [0, 0.05) is 64.0 Å². The van der Waals surface area contributed by atoms with Crippen molar-refractivity contribution in [3.8, 4) is 0 Å². The second-order valence-electron chi connectivity index (χ2n) is 5.67. The molecular formula is C14H19ClN4O2. The highest BCUT2D eigenvalue weighted by Crippen LogP contribution is 2.26. The van der Waals surface area contributed by atoms with Crippen molar-refractivity contribution in [2.24, 2.45) is 0 Å². The van der Waals surface area contributed by atoms with Crippen LogP contribution in [0.1, 0.15) is 5.56 Å². The first-order chi connectivity index (χ1) is 10.1. The van der Waals surface area contributed by atoms with Gasteiger partial charge in [-0.15, -0.1) is 0 Å². The molecule has 1 aromatic carbocycles. The molecule has 1 aromatic rings. The summed E-state index contributed by atoms with van der Waals surface area (Å²) < 4.78 is 0. The van der Waals surface area contributed by atoms with Crippen LogP contribution in [0.5, 0.6) is 0 Å². The van der Waals surface area contributed by atoms with Crippen LogP contribution < -0.4 is 5.32 Å². The third-order valence-corrected chi connectivity index (χ3v) is 4.60. The lowest BCUT2D eigenvalue weighted by Gasteiger charge is -2.47. The third kappa shape index (κ3) is 3.35. The molecule has 0 aliphatic carbocycles. The number of non-ortho nitro benzene ring substituents is 1. The summed E-state index contributed by atoms with van der Waals surface area (Å²) in [5, 5.41) is 14.5. The number of hydrogen-bond acceptors (Lipinski definition) is 5. The van der Waals surface area contributed by atoms with Gasteiger partial charge >= 0.3 is 0 Å². The van der Waals surface area contributed by atoms with Gasteiger partial charge in [-0.3, -0.25) is 19.9 Å². The highest BCUT2D eigenvalue weighted by Gasteiger charge is 2.32. The number of halogens is 1. The number of nitrogens with one attached hydrogen (secondary N) is 1. The van der Waals surface area contributed by atoms with E-state index < -0.39 is 4.92 Å². The van der Waals surface area contributed by atoms with Gasteiger partial charge in [0.05, 0.1) is 9.95 Å². The minimum atomic E-state index is -0.417. The summed E-state index contributed by atoms with van der Waals surface area (Å²) in [5.41, 5.74) is 1.01. The minimum Gasteiger partial charge on any atom is -0.314 e. The van der Waals surface area contributed by atoms with E-state index in [0.29, 0.717) is 11.1 Å². The fourth-order valence-corrected chi connectivity index (χ4v) is 3.20. The Morgan fingerprint density at radius 3 is 2.67 bits per heavy atom. The first kappa shape index (κ1) is 14.7. The number of nitro benzene ring substituents is 1. The Morgan fingerprint density at radius 1 is 1.33 bits per heavy atom. The van der Waals surface area contributed by atoms with E-state index in [1.165, 1.54) is 12.1 Å². The number of rotatable bonds is 4. The van der Waals surface area contributed by atoms with Gasteiger partial charge in [-0.25, -0.2) is 0 Å². The molecule has 3 rings (SSSR count). The van der Waals surface area contributed by atoms with Crippen LogP contribution in [0, 0.1) is 10.1 Å². The molecule has 2 aliphatic heterocycles. The Labute approximate surface area is 128 Å². The summed E-state index contributed by atoms with van der Waals surface area (Å²) >= 11 is 6.13. The second kappa shape index (κ2) is 6.27. The van der Waals surface area contributed by atoms with Crippen LogP contribution >= 0.6 is 11.6 Å². The average molecular weight is 311 g/mol. The summed E-state index contributed by atoms with van der Waals surface area (Å²) in [6.07, 6.45) is 0. The van der Waals surface area contributed by atoms with E-state index in [1.54, 1.807) is 6.07 Å². The van der Waals surface area contributed by atoms with Crippen molar-refractivity contribution >= 4 is 17.3 Å². The molecular weight excluding hydrogens is 292 g/mol. The molecule has 0 radical (unpaired) electrons. The standard InChI is InChI=1S/C14H19ClN4O2/c15-14-7-12(19(20)21)2-1-11(14)8-17-9-13(10-17)18-5-3-16-4-6-18/h1-2,7,13,16H,3-6,8-10H2. The van der Waals surface area contributed by atoms with Crippen LogP contribution in [0.2, 0.25) is 5.02 Å².